The summed E-state index contributed by atoms with van der Waals surface area (Å²) in [7, 11) is 0. The monoisotopic (exact) mass is 244 g/mol. The van der Waals surface area contributed by atoms with Gasteiger partial charge in [0, 0.05) is 12.5 Å². The molecular formula is C14H10F2N2. The highest BCUT2D eigenvalue weighted by Gasteiger charge is 2.05. The number of hydrogen-bond acceptors (Lipinski definition) is 1. The second-order valence-electron chi connectivity index (χ2n) is 4.16. The number of hydrogen-bond donors (Lipinski definition) is 1. The second-order valence-corrected chi connectivity index (χ2v) is 4.16. The molecule has 0 saturated carbocycles. The van der Waals surface area contributed by atoms with E-state index in [1.165, 1.54) is 12.1 Å². The van der Waals surface area contributed by atoms with Crippen LogP contribution in [0.25, 0.3) is 11.0 Å². The standard InChI is InChI=1S/C14H10F2N2/c15-10-5-9(6-11(16)8-10)7-14-17-12-3-1-2-4-13(12)18-14/h1-6,8H,7H2,(H,17,18). The lowest BCUT2D eigenvalue weighted by Crippen LogP contribution is -1.93. The van der Waals surface area contributed by atoms with Crippen LogP contribution in [-0.4, -0.2) is 9.97 Å². The number of aromatic nitrogens is 2. The van der Waals surface area contributed by atoms with E-state index in [0.29, 0.717) is 17.8 Å². The Morgan fingerprint density at radius 2 is 1.72 bits per heavy atom. The zero-order valence-corrected chi connectivity index (χ0v) is 9.45. The smallest absolute Gasteiger partial charge is 0.126 e. The van der Waals surface area contributed by atoms with Crippen molar-refractivity contribution in [1.82, 2.24) is 9.97 Å². The Balaban J connectivity index is 1.96. The normalized spacial score (nSPS) is 11.0. The molecule has 0 aliphatic heterocycles. The van der Waals surface area contributed by atoms with Crippen LogP contribution in [0.1, 0.15) is 11.4 Å². The molecule has 0 aliphatic rings. The maximum Gasteiger partial charge on any atom is 0.126 e. The third-order valence-corrected chi connectivity index (χ3v) is 2.73. The molecule has 4 heteroatoms. The van der Waals surface area contributed by atoms with Crippen molar-refractivity contribution in [1.29, 1.82) is 0 Å². The van der Waals surface area contributed by atoms with Gasteiger partial charge in [-0.1, -0.05) is 12.1 Å². The highest BCUT2D eigenvalue weighted by Crippen LogP contribution is 2.15. The van der Waals surface area contributed by atoms with E-state index in [4.69, 9.17) is 0 Å². The van der Waals surface area contributed by atoms with E-state index in [1.54, 1.807) is 0 Å². The number of para-hydroxylation sites is 2. The number of nitrogens with one attached hydrogen (secondary N) is 1. The first-order chi connectivity index (χ1) is 8.70. The summed E-state index contributed by atoms with van der Waals surface area (Å²) in [6.07, 6.45) is 0.378. The lowest BCUT2D eigenvalue weighted by atomic mass is 10.1. The van der Waals surface area contributed by atoms with Crippen molar-refractivity contribution < 1.29 is 8.78 Å². The van der Waals surface area contributed by atoms with E-state index in [0.717, 1.165) is 17.1 Å². The van der Waals surface area contributed by atoms with Crippen molar-refractivity contribution in [2.75, 3.05) is 0 Å². The maximum atomic E-state index is 13.1. The summed E-state index contributed by atoms with van der Waals surface area (Å²) in [4.78, 5) is 7.49. The van der Waals surface area contributed by atoms with Crippen LogP contribution in [0.4, 0.5) is 8.78 Å². The van der Waals surface area contributed by atoms with E-state index in [9.17, 15) is 8.78 Å². The minimum absolute atomic E-state index is 0.378. The van der Waals surface area contributed by atoms with E-state index >= 15 is 0 Å². The number of benzene rings is 2. The van der Waals surface area contributed by atoms with E-state index < -0.39 is 11.6 Å². The fourth-order valence-corrected chi connectivity index (χ4v) is 2.00. The molecule has 0 bridgehead atoms. The Morgan fingerprint density at radius 3 is 2.44 bits per heavy atom. The van der Waals surface area contributed by atoms with Crippen LogP contribution in [0.3, 0.4) is 0 Å². The topological polar surface area (TPSA) is 28.7 Å². The molecule has 2 aromatic carbocycles. The van der Waals surface area contributed by atoms with Crippen molar-refractivity contribution in [3.63, 3.8) is 0 Å². The van der Waals surface area contributed by atoms with Crippen molar-refractivity contribution in [3.8, 4) is 0 Å². The molecule has 2 nitrogen and oxygen atoms in total. The molecule has 0 amide bonds. The largest absolute Gasteiger partial charge is 0.342 e. The van der Waals surface area contributed by atoms with Crippen LogP contribution in [-0.2, 0) is 6.42 Å². The molecular weight excluding hydrogens is 234 g/mol. The maximum absolute atomic E-state index is 13.1. The van der Waals surface area contributed by atoms with Gasteiger partial charge in [0.1, 0.15) is 17.5 Å². The summed E-state index contributed by atoms with van der Waals surface area (Å²) in [5, 5.41) is 0. The number of rotatable bonds is 2. The Labute approximate surface area is 102 Å². The average Bonchev–Trinajstić information content (AvgIpc) is 2.69. The van der Waals surface area contributed by atoms with Gasteiger partial charge in [-0.3, -0.25) is 0 Å². The van der Waals surface area contributed by atoms with Crippen LogP contribution in [0.2, 0.25) is 0 Å². The van der Waals surface area contributed by atoms with Gasteiger partial charge in [-0.25, -0.2) is 13.8 Å². The molecule has 1 aromatic heterocycles. The fraction of sp³-hybridized carbons (Fsp3) is 0.0714. The summed E-state index contributed by atoms with van der Waals surface area (Å²) in [5.74, 6) is -0.441. The number of H-pyrrole nitrogens is 1. The summed E-state index contributed by atoms with van der Waals surface area (Å²) in [6, 6.07) is 11.1. The van der Waals surface area contributed by atoms with Crippen molar-refractivity contribution in [3.05, 3.63) is 65.5 Å². The van der Waals surface area contributed by atoms with Gasteiger partial charge >= 0.3 is 0 Å². The lowest BCUT2D eigenvalue weighted by Gasteiger charge is -1.99. The van der Waals surface area contributed by atoms with Crippen LogP contribution >= 0.6 is 0 Å². The molecule has 90 valence electrons. The summed E-state index contributed by atoms with van der Waals surface area (Å²) in [5.41, 5.74) is 2.33. The van der Waals surface area contributed by atoms with Gasteiger partial charge in [0.25, 0.3) is 0 Å². The highest BCUT2D eigenvalue weighted by molar-refractivity contribution is 5.74. The van der Waals surface area contributed by atoms with Gasteiger partial charge in [-0.15, -0.1) is 0 Å². The number of fused-ring (bicyclic) bond motifs is 1. The predicted octanol–water partition coefficient (Wildman–Crippen LogP) is 3.43. The number of imidazole rings is 1. The van der Waals surface area contributed by atoms with E-state index in [2.05, 4.69) is 9.97 Å². The minimum atomic E-state index is -0.568. The Kier molecular flexibility index (Phi) is 2.55. The first-order valence-electron chi connectivity index (χ1n) is 5.59. The molecule has 0 aliphatic carbocycles. The molecule has 0 atom stereocenters. The van der Waals surface area contributed by atoms with Gasteiger partial charge < -0.3 is 4.98 Å². The van der Waals surface area contributed by atoms with Crippen LogP contribution in [0.15, 0.2) is 42.5 Å². The SMILES string of the molecule is Fc1cc(F)cc(Cc2nc3ccccc3[nH]2)c1. The number of aromatic amines is 1. The predicted molar refractivity (Wildman–Crippen MR) is 65.3 cm³/mol. The Hall–Kier alpha value is -2.23. The molecule has 0 radical (unpaired) electrons. The molecule has 3 aromatic rings. The third kappa shape index (κ3) is 2.09. The molecule has 3 rings (SSSR count). The van der Waals surface area contributed by atoms with Crippen molar-refractivity contribution in [2.24, 2.45) is 0 Å². The highest BCUT2D eigenvalue weighted by atomic mass is 19.1. The second kappa shape index (κ2) is 4.22. The van der Waals surface area contributed by atoms with Gasteiger partial charge in [0.15, 0.2) is 0 Å². The number of halogens is 2. The van der Waals surface area contributed by atoms with Crippen LogP contribution in [0, 0.1) is 11.6 Å². The molecule has 1 N–H and O–H groups in total. The van der Waals surface area contributed by atoms with Gasteiger partial charge in [0.05, 0.1) is 11.0 Å². The van der Waals surface area contributed by atoms with Crippen molar-refractivity contribution >= 4 is 11.0 Å². The molecule has 0 unspecified atom stereocenters. The average molecular weight is 244 g/mol. The van der Waals surface area contributed by atoms with Crippen LogP contribution in [0.5, 0.6) is 0 Å². The molecule has 0 fully saturated rings. The Morgan fingerprint density at radius 1 is 1.00 bits per heavy atom. The first kappa shape index (κ1) is 10.9. The number of nitrogens with zero attached hydrogens (tertiary/aromatic N) is 1. The molecule has 1 heterocycles. The summed E-state index contributed by atoms with van der Waals surface area (Å²) >= 11 is 0. The van der Waals surface area contributed by atoms with Gasteiger partial charge in [-0.05, 0) is 29.8 Å². The zero-order valence-electron chi connectivity index (χ0n) is 9.45. The summed E-state index contributed by atoms with van der Waals surface area (Å²) in [6.45, 7) is 0. The van der Waals surface area contributed by atoms with Gasteiger partial charge in [0.2, 0.25) is 0 Å². The first-order valence-corrected chi connectivity index (χ1v) is 5.59. The van der Waals surface area contributed by atoms with Gasteiger partial charge in [-0.2, -0.15) is 0 Å². The van der Waals surface area contributed by atoms with Crippen molar-refractivity contribution in [2.45, 2.75) is 6.42 Å². The quantitative estimate of drug-likeness (QED) is 0.735. The molecule has 18 heavy (non-hydrogen) atoms. The zero-order chi connectivity index (χ0) is 12.5. The lowest BCUT2D eigenvalue weighted by molar-refractivity contribution is 0.580. The third-order valence-electron chi connectivity index (χ3n) is 2.73. The van der Waals surface area contributed by atoms with E-state index in [-0.39, 0.29) is 0 Å². The molecule has 0 spiro atoms. The molecule has 0 saturated heterocycles. The fourth-order valence-electron chi connectivity index (χ4n) is 2.00. The van der Waals surface area contributed by atoms with Crippen LogP contribution < -0.4 is 0 Å². The van der Waals surface area contributed by atoms with E-state index in [1.807, 2.05) is 24.3 Å². The minimum Gasteiger partial charge on any atom is -0.342 e. The summed E-state index contributed by atoms with van der Waals surface area (Å²) < 4.78 is 26.1. The Bertz CT molecular complexity index is 651.